The van der Waals surface area contributed by atoms with Crippen molar-refractivity contribution in [3.63, 3.8) is 0 Å². The van der Waals surface area contributed by atoms with Crippen LogP contribution in [0.1, 0.15) is 5.56 Å². The van der Waals surface area contributed by atoms with E-state index in [9.17, 15) is 14.0 Å². The van der Waals surface area contributed by atoms with Crippen molar-refractivity contribution < 1.29 is 13.9 Å². The summed E-state index contributed by atoms with van der Waals surface area (Å²) in [6, 6.07) is 12.9. The van der Waals surface area contributed by atoms with Gasteiger partial charge in [0, 0.05) is 6.07 Å². The largest absolute Gasteiger partial charge is 0.495 e. The third-order valence-corrected chi connectivity index (χ3v) is 5.34. The number of hydrogen-bond acceptors (Lipinski definition) is 6. The van der Waals surface area contributed by atoms with E-state index in [2.05, 4.69) is 20.4 Å². The van der Waals surface area contributed by atoms with Gasteiger partial charge in [-0.1, -0.05) is 30.0 Å². The van der Waals surface area contributed by atoms with Crippen LogP contribution < -0.4 is 15.6 Å². The Morgan fingerprint density at radius 3 is 2.81 bits per heavy atom. The Balaban J connectivity index is 1.61. The van der Waals surface area contributed by atoms with E-state index in [0.29, 0.717) is 16.6 Å². The van der Waals surface area contributed by atoms with Gasteiger partial charge in [-0.2, -0.15) is 0 Å². The molecule has 0 fully saturated rings. The van der Waals surface area contributed by atoms with Crippen molar-refractivity contribution in [1.82, 2.24) is 19.6 Å². The van der Waals surface area contributed by atoms with E-state index in [4.69, 9.17) is 4.74 Å². The Morgan fingerprint density at radius 2 is 2.03 bits per heavy atom. The molecular weight excluding hydrogens is 421 g/mol. The minimum Gasteiger partial charge on any atom is -0.495 e. The molecular formula is C21H18FN5O3S. The van der Waals surface area contributed by atoms with Crippen molar-refractivity contribution in [3.05, 3.63) is 70.3 Å². The van der Waals surface area contributed by atoms with Crippen LogP contribution in [0.5, 0.6) is 5.75 Å². The van der Waals surface area contributed by atoms with Crippen LogP contribution in [0.3, 0.4) is 0 Å². The summed E-state index contributed by atoms with van der Waals surface area (Å²) < 4.78 is 20.9. The third-order valence-electron chi connectivity index (χ3n) is 4.40. The van der Waals surface area contributed by atoms with Crippen LogP contribution in [0, 0.1) is 12.7 Å². The van der Waals surface area contributed by atoms with Crippen molar-refractivity contribution in [2.45, 2.75) is 12.1 Å². The highest BCUT2D eigenvalue weighted by Gasteiger charge is 2.16. The summed E-state index contributed by atoms with van der Waals surface area (Å²) in [6.45, 7) is 1.91. The smallest absolute Gasteiger partial charge is 0.266 e. The molecule has 158 valence electrons. The van der Waals surface area contributed by atoms with E-state index in [1.165, 1.54) is 23.8 Å². The molecule has 0 saturated carbocycles. The summed E-state index contributed by atoms with van der Waals surface area (Å²) in [5.74, 6) is -0.0990. The third kappa shape index (κ3) is 4.43. The molecule has 0 spiro atoms. The average molecular weight is 439 g/mol. The van der Waals surface area contributed by atoms with Gasteiger partial charge in [0.15, 0.2) is 16.6 Å². The molecule has 0 atom stereocenters. The first-order valence-corrected chi connectivity index (χ1v) is 10.2. The van der Waals surface area contributed by atoms with Crippen LogP contribution in [0.4, 0.5) is 10.1 Å². The number of ether oxygens (including phenoxy) is 1. The number of anilines is 1. The summed E-state index contributed by atoms with van der Waals surface area (Å²) in [4.78, 5) is 33.0. The van der Waals surface area contributed by atoms with Crippen LogP contribution in [-0.2, 0) is 4.79 Å². The topological polar surface area (TPSA) is 101 Å². The van der Waals surface area contributed by atoms with Crippen LogP contribution in [0.15, 0.2) is 58.5 Å². The maximum absolute atomic E-state index is 14.2. The highest BCUT2D eigenvalue weighted by atomic mass is 32.2. The zero-order chi connectivity index (χ0) is 22.0. The fourth-order valence-corrected chi connectivity index (χ4v) is 3.73. The van der Waals surface area contributed by atoms with Crippen LogP contribution in [0.25, 0.3) is 17.0 Å². The quantitative estimate of drug-likeness (QED) is 0.447. The number of H-pyrrole nitrogens is 1. The molecule has 0 aliphatic rings. The molecule has 2 aromatic heterocycles. The lowest BCUT2D eigenvalue weighted by Crippen LogP contribution is -2.16. The normalized spacial score (nSPS) is 10.9. The maximum atomic E-state index is 14.2. The molecule has 0 saturated heterocycles. The van der Waals surface area contributed by atoms with Gasteiger partial charge in [0.25, 0.3) is 5.56 Å². The number of benzene rings is 2. The zero-order valence-corrected chi connectivity index (χ0v) is 17.5. The van der Waals surface area contributed by atoms with Gasteiger partial charge in [-0.3, -0.25) is 14.7 Å². The van der Waals surface area contributed by atoms with Crippen LogP contribution in [0.2, 0.25) is 0 Å². The summed E-state index contributed by atoms with van der Waals surface area (Å²) in [7, 11) is 1.53. The number of halogens is 1. The molecule has 0 aliphatic heterocycles. The lowest BCUT2D eigenvalue weighted by Gasteiger charge is -2.11. The van der Waals surface area contributed by atoms with Gasteiger partial charge in [-0.25, -0.2) is 18.9 Å². The lowest BCUT2D eigenvalue weighted by atomic mass is 10.2. The molecule has 31 heavy (non-hydrogen) atoms. The highest BCUT2D eigenvalue weighted by Crippen LogP contribution is 2.26. The molecule has 1 amide bonds. The molecule has 4 aromatic rings. The number of methoxy groups -OCH3 is 1. The lowest BCUT2D eigenvalue weighted by molar-refractivity contribution is -0.113. The number of aryl methyl sites for hydroxylation is 1. The van der Waals surface area contributed by atoms with Gasteiger partial charge in [0.2, 0.25) is 5.91 Å². The Labute approximate surface area is 180 Å². The highest BCUT2D eigenvalue weighted by molar-refractivity contribution is 7.99. The first-order chi connectivity index (χ1) is 14.9. The molecule has 8 nitrogen and oxygen atoms in total. The number of carbonyl (C=O) groups excluding carboxylic acids is 1. The number of hydrogen-bond donors (Lipinski definition) is 2. The van der Waals surface area contributed by atoms with Gasteiger partial charge in [0.05, 0.1) is 24.1 Å². The van der Waals surface area contributed by atoms with E-state index in [1.54, 1.807) is 24.3 Å². The van der Waals surface area contributed by atoms with Crippen LogP contribution in [-0.4, -0.2) is 38.4 Å². The Bertz CT molecular complexity index is 1330. The number of amides is 1. The summed E-state index contributed by atoms with van der Waals surface area (Å²) in [5.41, 5.74) is 1.63. The first kappa shape index (κ1) is 20.6. The number of aromatic amines is 1. The van der Waals surface area contributed by atoms with Crippen molar-refractivity contribution in [1.29, 1.82) is 0 Å². The molecule has 10 heteroatoms. The number of nitrogens with one attached hydrogen (secondary N) is 2. The van der Waals surface area contributed by atoms with Gasteiger partial charge >= 0.3 is 0 Å². The molecule has 0 unspecified atom stereocenters. The molecule has 0 bridgehead atoms. The number of nitrogens with zero attached hydrogens (tertiary/aromatic N) is 3. The van der Waals surface area contributed by atoms with Crippen molar-refractivity contribution in [3.8, 4) is 17.1 Å². The minimum atomic E-state index is -0.482. The number of thioether (sulfide) groups is 1. The van der Waals surface area contributed by atoms with Crippen molar-refractivity contribution >= 4 is 29.0 Å². The summed E-state index contributed by atoms with van der Waals surface area (Å²) in [6.07, 6.45) is 0. The fourth-order valence-electron chi connectivity index (χ4n) is 2.98. The number of carbonyl (C=O) groups is 1. The van der Waals surface area contributed by atoms with E-state index >= 15 is 0 Å². The fraction of sp³-hybridized carbons (Fsp3) is 0.143. The van der Waals surface area contributed by atoms with E-state index in [0.717, 1.165) is 17.3 Å². The van der Waals surface area contributed by atoms with Gasteiger partial charge in [-0.15, -0.1) is 0 Å². The number of rotatable bonds is 6. The number of aromatic nitrogens is 4. The second-order valence-corrected chi connectivity index (χ2v) is 7.61. The molecule has 4 rings (SSSR count). The molecule has 0 radical (unpaired) electrons. The predicted molar refractivity (Wildman–Crippen MR) is 116 cm³/mol. The zero-order valence-electron chi connectivity index (χ0n) is 16.7. The molecule has 0 aliphatic carbocycles. The van der Waals surface area contributed by atoms with Crippen molar-refractivity contribution in [2.75, 3.05) is 18.2 Å². The first-order valence-electron chi connectivity index (χ1n) is 9.26. The second-order valence-electron chi connectivity index (χ2n) is 6.66. The minimum absolute atomic E-state index is 0.000131. The van der Waals surface area contributed by atoms with Gasteiger partial charge in [-0.05, 0) is 36.8 Å². The van der Waals surface area contributed by atoms with Crippen LogP contribution >= 0.6 is 11.8 Å². The van der Waals surface area contributed by atoms with E-state index in [1.807, 2.05) is 19.1 Å². The van der Waals surface area contributed by atoms with Gasteiger partial charge in [0.1, 0.15) is 11.6 Å². The van der Waals surface area contributed by atoms with Gasteiger partial charge < -0.3 is 10.1 Å². The number of fused-ring (bicyclic) bond motifs is 1. The molecule has 2 heterocycles. The second kappa shape index (κ2) is 8.60. The molecule has 2 aromatic carbocycles. The summed E-state index contributed by atoms with van der Waals surface area (Å²) in [5, 5.41) is 5.70. The van der Waals surface area contributed by atoms with E-state index in [-0.39, 0.29) is 34.3 Å². The SMILES string of the molecule is COc1ccc(C)cc1NC(=O)CSc1nc(-c2ccccc2F)nc2cc(=O)[nH]n12. The monoisotopic (exact) mass is 439 g/mol. The maximum Gasteiger partial charge on any atom is 0.266 e. The average Bonchev–Trinajstić information content (AvgIpc) is 3.12. The Kier molecular flexibility index (Phi) is 5.72. The Hall–Kier alpha value is -3.66. The van der Waals surface area contributed by atoms with Crippen molar-refractivity contribution in [2.24, 2.45) is 0 Å². The molecule has 2 N–H and O–H groups in total. The predicted octanol–water partition coefficient (Wildman–Crippen LogP) is 3.27. The Morgan fingerprint density at radius 1 is 1.23 bits per heavy atom. The summed E-state index contributed by atoms with van der Waals surface area (Å²) >= 11 is 1.09. The standard InChI is InChI=1S/C21H18FN5O3S/c1-12-7-8-16(30-2)15(9-12)23-19(29)11-31-21-25-20(13-5-3-4-6-14(13)22)24-17-10-18(28)26-27(17)21/h3-10H,11H2,1-2H3,(H,23,29)(H,26,28). The van der Waals surface area contributed by atoms with E-state index < -0.39 is 5.82 Å².